The Labute approximate surface area is 280 Å². The van der Waals surface area contributed by atoms with E-state index in [1.165, 1.54) is 38.1 Å². The van der Waals surface area contributed by atoms with E-state index in [4.69, 9.17) is 4.74 Å². The van der Waals surface area contributed by atoms with Crippen molar-refractivity contribution >= 4 is 29.4 Å². The zero-order chi connectivity index (χ0) is 36.3. The van der Waals surface area contributed by atoms with Crippen LogP contribution in [0.25, 0.3) is 0 Å². The fourth-order valence-electron chi connectivity index (χ4n) is 5.82. The van der Waals surface area contributed by atoms with E-state index < -0.39 is 65.6 Å². The number of nitrogens with one attached hydrogen (secondary N) is 2. The number of benzene rings is 2. The summed E-state index contributed by atoms with van der Waals surface area (Å²) >= 11 is 0. The minimum Gasteiger partial charge on any atom is -0.378 e. The third-order valence-electron chi connectivity index (χ3n) is 8.61. The molecule has 2 aliphatic heterocycles. The first-order valence-corrected chi connectivity index (χ1v) is 15.9. The lowest BCUT2D eigenvalue weighted by Crippen LogP contribution is -2.65. The molecule has 3 atom stereocenters. The average Bonchev–Trinajstić information content (AvgIpc) is 3.07. The van der Waals surface area contributed by atoms with Crippen LogP contribution in [0.2, 0.25) is 0 Å². The van der Waals surface area contributed by atoms with Crippen LogP contribution in [-0.4, -0.2) is 95.7 Å². The average molecular weight is 695 g/mol. The molecule has 2 aromatic carbocycles. The zero-order valence-corrected chi connectivity index (χ0v) is 27.5. The maximum atomic E-state index is 14.6. The second-order valence-corrected chi connectivity index (χ2v) is 12.8. The first-order chi connectivity index (χ1) is 23.0. The van der Waals surface area contributed by atoms with Crippen LogP contribution < -0.4 is 10.6 Å². The number of hydrogen-bond acceptors (Lipinski definition) is 7. The summed E-state index contributed by atoms with van der Waals surface area (Å²) in [5.41, 5.74) is 1.79. The van der Waals surface area contributed by atoms with Gasteiger partial charge in [-0.2, -0.15) is 22.0 Å². The molecular formula is C34H39F5N4O6. The number of ether oxygens (including phenoxy) is 1. The van der Waals surface area contributed by atoms with Crippen LogP contribution in [0.5, 0.6) is 0 Å². The molecule has 10 nitrogen and oxygen atoms in total. The van der Waals surface area contributed by atoms with Gasteiger partial charge in [0, 0.05) is 30.8 Å². The molecule has 2 aromatic rings. The summed E-state index contributed by atoms with van der Waals surface area (Å²) in [7, 11) is 0. The lowest BCUT2D eigenvalue weighted by molar-refractivity contribution is -0.271. The Bertz CT molecular complexity index is 1560. The molecule has 4 amide bonds. The number of ketones is 1. The highest BCUT2D eigenvalue weighted by Gasteiger charge is 2.66. The molecule has 2 unspecified atom stereocenters. The number of amides is 4. The molecule has 0 spiro atoms. The first-order valence-electron chi connectivity index (χ1n) is 15.9. The van der Waals surface area contributed by atoms with Crippen molar-refractivity contribution in [1.82, 2.24) is 20.4 Å². The number of rotatable bonds is 10. The van der Waals surface area contributed by atoms with Gasteiger partial charge in [-0.25, -0.2) is 0 Å². The topological polar surface area (TPSA) is 125 Å². The first kappa shape index (κ1) is 37.6. The van der Waals surface area contributed by atoms with Gasteiger partial charge >= 0.3 is 12.1 Å². The molecule has 1 fully saturated rings. The van der Waals surface area contributed by atoms with Gasteiger partial charge in [0.05, 0.1) is 19.3 Å². The van der Waals surface area contributed by atoms with E-state index in [1.807, 2.05) is 0 Å². The fraction of sp³-hybridized carbons (Fsp3) is 0.500. The summed E-state index contributed by atoms with van der Waals surface area (Å²) in [5.74, 6) is -14.4. The molecule has 15 heteroatoms. The van der Waals surface area contributed by atoms with Crippen LogP contribution in [0.15, 0.2) is 48.5 Å². The van der Waals surface area contributed by atoms with Crippen molar-refractivity contribution in [2.45, 2.75) is 70.9 Å². The third-order valence-corrected chi connectivity index (χ3v) is 8.61. The van der Waals surface area contributed by atoms with Crippen LogP contribution in [0.4, 0.5) is 22.0 Å². The summed E-state index contributed by atoms with van der Waals surface area (Å²) < 4.78 is 74.9. The molecule has 2 N–H and O–H groups in total. The standard InChI is InChI=1S/C34H39F5N4O6/c1-19(2)26(41-29(45)21-9-11-22(12-10-21)30(46)42-13-15-49-16-14-42)32(48)43(27(20(3)4)28(44)33(35,36)34(37,38)39)31(47)25-17-23-7-5-6-8-24(23)18-40-25/h5-12,19-20,25-27,40H,13-18H2,1-4H3,(H,41,45)/t25?,26-,27?/m0/s1. The summed E-state index contributed by atoms with van der Waals surface area (Å²) in [6.45, 7) is 6.93. The van der Waals surface area contributed by atoms with E-state index in [-0.39, 0.29) is 34.9 Å². The van der Waals surface area contributed by atoms with Crippen molar-refractivity contribution in [3.8, 4) is 0 Å². The SMILES string of the molecule is CC(C)C(C(=O)C(F)(F)C(F)(F)F)N(C(=O)C1Cc2ccccc2CN1)C(=O)[C@@H](NC(=O)c1ccc(C(=O)N2CCOCC2)cc1)C(C)C. The Balaban J connectivity index is 1.67. The molecule has 0 aromatic heterocycles. The lowest BCUT2D eigenvalue weighted by atomic mass is 9.89. The Morgan fingerprint density at radius 3 is 1.98 bits per heavy atom. The minimum absolute atomic E-state index is 0.000462. The van der Waals surface area contributed by atoms with E-state index in [2.05, 4.69) is 10.6 Å². The molecule has 0 saturated carbocycles. The Morgan fingerprint density at radius 1 is 0.857 bits per heavy atom. The van der Waals surface area contributed by atoms with Gasteiger partial charge in [0.1, 0.15) is 12.1 Å². The Kier molecular flexibility index (Phi) is 11.6. The number of carbonyl (C=O) groups excluding carboxylic acids is 5. The van der Waals surface area contributed by atoms with Crippen molar-refractivity contribution < 1.29 is 50.7 Å². The van der Waals surface area contributed by atoms with Crippen LogP contribution in [-0.2, 0) is 32.1 Å². The van der Waals surface area contributed by atoms with E-state index in [0.29, 0.717) is 31.9 Å². The molecule has 2 aliphatic rings. The molecule has 0 bridgehead atoms. The maximum absolute atomic E-state index is 14.6. The van der Waals surface area contributed by atoms with Gasteiger partial charge in [-0.15, -0.1) is 0 Å². The highest BCUT2D eigenvalue weighted by molar-refractivity contribution is 6.08. The van der Waals surface area contributed by atoms with Crippen LogP contribution in [0.1, 0.15) is 59.5 Å². The predicted molar refractivity (Wildman–Crippen MR) is 167 cm³/mol. The number of fused-ring (bicyclic) bond motifs is 1. The summed E-state index contributed by atoms with van der Waals surface area (Å²) in [6.07, 6.45) is -6.33. The highest BCUT2D eigenvalue weighted by Crippen LogP contribution is 2.39. The normalized spacial score (nSPS) is 18.0. The van der Waals surface area contributed by atoms with E-state index in [9.17, 15) is 45.9 Å². The summed E-state index contributed by atoms with van der Waals surface area (Å²) in [4.78, 5) is 69.4. The maximum Gasteiger partial charge on any atom is 0.461 e. The predicted octanol–water partition coefficient (Wildman–Crippen LogP) is 3.77. The van der Waals surface area contributed by atoms with Crippen LogP contribution in [0, 0.1) is 11.8 Å². The highest BCUT2D eigenvalue weighted by atomic mass is 19.4. The third kappa shape index (κ3) is 8.15. The number of Topliss-reactive ketones (excluding diaryl/α,β-unsaturated/α-hetero) is 1. The van der Waals surface area contributed by atoms with Gasteiger partial charge < -0.3 is 20.3 Å². The molecule has 1 saturated heterocycles. The number of imide groups is 1. The smallest absolute Gasteiger partial charge is 0.378 e. The molecular weight excluding hydrogens is 655 g/mol. The second kappa shape index (κ2) is 15.1. The van der Waals surface area contributed by atoms with E-state index >= 15 is 0 Å². The van der Waals surface area contributed by atoms with Crippen molar-refractivity contribution in [2.75, 3.05) is 26.3 Å². The van der Waals surface area contributed by atoms with Gasteiger partial charge in [0.2, 0.25) is 11.7 Å². The number of halogens is 5. The Hall–Kier alpha value is -4.24. The number of morpholine rings is 1. The minimum atomic E-state index is -6.29. The van der Waals surface area contributed by atoms with Gasteiger partial charge in [-0.1, -0.05) is 52.0 Å². The van der Waals surface area contributed by atoms with Gasteiger partial charge in [0.25, 0.3) is 17.7 Å². The monoisotopic (exact) mass is 694 g/mol. The van der Waals surface area contributed by atoms with Crippen LogP contribution in [0.3, 0.4) is 0 Å². The van der Waals surface area contributed by atoms with Crippen LogP contribution >= 0.6 is 0 Å². The number of nitrogens with zero attached hydrogens (tertiary/aromatic N) is 2. The van der Waals surface area contributed by atoms with Crippen molar-refractivity contribution in [2.24, 2.45) is 11.8 Å². The van der Waals surface area contributed by atoms with E-state index in [0.717, 1.165) is 19.4 Å². The molecule has 266 valence electrons. The van der Waals surface area contributed by atoms with E-state index in [1.54, 1.807) is 29.2 Å². The lowest BCUT2D eigenvalue weighted by Gasteiger charge is -2.39. The largest absolute Gasteiger partial charge is 0.461 e. The number of hydrogen-bond donors (Lipinski definition) is 2. The number of carbonyl (C=O) groups is 5. The van der Waals surface area contributed by atoms with Gasteiger partial charge in [-0.3, -0.25) is 28.9 Å². The molecule has 4 rings (SSSR count). The quantitative estimate of drug-likeness (QED) is 0.363. The molecule has 2 heterocycles. The Morgan fingerprint density at radius 2 is 1.43 bits per heavy atom. The summed E-state index contributed by atoms with van der Waals surface area (Å²) in [5, 5.41) is 5.36. The summed E-state index contributed by atoms with van der Waals surface area (Å²) in [6, 6.07) is 7.03. The van der Waals surface area contributed by atoms with Crippen molar-refractivity contribution in [3.05, 3.63) is 70.8 Å². The van der Waals surface area contributed by atoms with Gasteiger partial charge in [-0.05, 0) is 53.6 Å². The molecule has 49 heavy (non-hydrogen) atoms. The fourth-order valence-corrected chi connectivity index (χ4v) is 5.82. The van der Waals surface area contributed by atoms with Crippen molar-refractivity contribution in [3.63, 3.8) is 0 Å². The molecule has 0 aliphatic carbocycles. The van der Waals surface area contributed by atoms with Gasteiger partial charge in [0.15, 0.2) is 0 Å². The molecule has 0 radical (unpaired) electrons. The van der Waals surface area contributed by atoms with Crippen molar-refractivity contribution in [1.29, 1.82) is 0 Å². The second-order valence-electron chi connectivity index (χ2n) is 12.8. The number of alkyl halides is 5. The zero-order valence-electron chi connectivity index (χ0n) is 27.5.